The summed E-state index contributed by atoms with van der Waals surface area (Å²) in [5.41, 5.74) is 0. The molecule has 1 unspecified atom stereocenters. The summed E-state index contributed by atoms with van der Waals surface area (Å²) in [6, 6.07) is 8.57. The highest BCUT2D eigenvalue weighted by Crippen LogP contribution is 2.23. The minimum atomic E-state index is 0.326. The highest BCUT2D eigenvalue weighted by atomic mass is 32.1. The second-order valence-corrected chi connectivity index (χ2v) is 6.33. The molecule has 0 saturated carbocycles. The molecule has 0 amide bonds. The maximum absolute atomic E-state index is 5.72. The zero-order valence-electron chi connectivity index (χ0n) is 12.3. The predicted octanol–water partition coefficient (Wildman–Crippen LogP) is 4.28. The van der Waals surface area contributed by atoms with Gasteiger partial charge in [-0.3, -0.25) is 0 Å². The predicted molar refractivity (Wildman–Crippen MR) is 85.9 cm³/mol. The number of anilines is 1. The lowest BCUT2D eigenvalue weighted by atomic mass is 10.2. The van der Waals surface area contributed by atoms with Gasteiger partial charge in [-0.2, -0.15) is 0 Å². The lowest BCUT2D eigenvalue weighted by Gasteiger charge is -2.16. The fraction of sp³-hybridized carbons (Fsp3) is 0.438. The Balaban J connectivity index is 1.98. The lowest BCUT2D eigenvalue weighted by molar-refractivity contribution is 0.317. The fourth-order valence-corrected chi connectivity index (χ4v) is 3.03. The second kappa shape index (κ2) is 7.29. The molecular formula is C16H22N2OS. The maximum Gasteiger partial charge on any atom is 0.168 e. The van der Waals surface area contributed by atoms with Crippen molar-refractivity contribution in [3.63, 3.8) is 0 Å². The van der Waals surface area contributed by atoms with Crippen molar-refractivity contribution < 1.29 is 4.74 Å². The molecule has 1 N–H and O–H groups in total. The molecule has 0 aliphatic carbocycles. The summed E-state index contributed by atoms with van der Waals surface area (Å²) in [6.45, 7) is 7.14. The van der Waals surface area contributed by atoms with Gasteiger partial charge in [0.05, 0.1) is 6.61 Å². The minimum Gasteiger partial charge on any atom is -0.490 e. The van der Waals surface area contributed by atoms with Crippen molar-refractivity contribution in [3.05, 3.63) is 40.2 Å². The zero-order chi connectivity index (χ0) is 14.4. The van der Waals surface area contributed by atoms with Crippen molar-refractivity contribution in [2.24, 2.45) is 0 Å². The van der Waals surface area contributed by atoms with E-state index < -0.39 is 0 Å². The average molecular weight is 290 g/mol. The minimum absolute atomic E-state index is 0.326. The smallest absolute Gasteiger partial charge is 0.168 e. The second-order valence-electron chi connectivity index (χ2n) is 4.96. The van der Waals surface area contributed by atoms with Crippen molar-refractivity contribution in [3.8, 4) is 5.75 Å². The number of nitrogens with zero attached hydrogens (tertiary/aromatic N) is 1. The van der Waals surface area contributed by atoms with Crippen LogP contribution < -0.4 is 10.1 Å². The number of hydrogen-bond donors (Lipinski definition) is 1. The van der Waals surface area contributed by atoms with E-state index in [1.807, 2.05) is 23.5 Å². The molecule has 20 heavy (non-hydrogen) atoms. The molecule has 0 saturated heterocycles. The van der Waals surface area contributed by atoms with E-state index in [4.69, 9.17) is 4.74 Å². The fourth-order valence-electron chi connectivity index (χ4n) is 2.01. The number of pyridine rings is 1. The van der Waals surface area contributed by atoms with Crippen LogP contribution in [0.25, 0.3) is 0 Å². The molecule has 0 aliphatic rings. The Hall–Kier alpha value is -1.55. The molecular weight excluding hydrogens is 268 g/mol. The first kappa shape index (κ1) is 14.9. The van der Waals surface area contributed by atoms with Crippen LogP contribution in [0.5, 0.6) is 5.75 Å². The topological polar surface area (TPSA) is 34.1 Å². The number of hydrogen-bond acceptors (Lipinski definition) is 4. The molecule has 2 aromatic rings. The summed E-state index contributed by atoms with van der Waals surface area (Å²) < 4.78 is 5.72. The molecule has 0 fully saturated rings. The number of nitrogens with one attached hydrogen (secondary N) is 1. The summed E-state index contributed by atoms with van der Waals surface area (Å²) in [7, 11) is 0. The van der Waals surface area contributed by atoms with Crippen molar-refractivity contribution in [2.75, 3.05) is 11.9 Å². The average Bonchev–Trinajstić information content (AvgIpc) is 2.83. The first-order chi connectivity index (χ1) is 9.69. The SMILES string of the molecule is CCCOc1cccnc1NC(C)Cc1ccc(C)s1. The lowest BCUT2D eigenvalue weighted by Crippen LogP contribution is -2.19. The van der Waals surface area contributed by atoms with Gasteiger partial charge in [-0.1, -0.05) is 6.92 Å². The third kappa shape index (κ3) is 4.23. The number of thiophene rings is 1. The molecule has 0 radical (unpaired) electrons. The Labute approximate surface area is 125 Å². The summed E-state index contributed by atoms with van der Waals surface area (Å²) in [6.07, 6.45) is 3.80. The highest BCUT2D eigenvalue weighted by molar-refractivity contribution is 7.11. The van der Waals surface area contributed by atoms with Gasteiger partial charge in [0.2, 0.25) is 0 Å². The summed E-state index contributed by atoms with van der Waals surface area (Å²) in [5, 5.41) is 3.45. The van der Waals surface area contributed by atoms with Crippen LogP contribution in [0.2, 0.25) is 0 Å². The number of ether oxygens (including phenoxy) is 1. The van der Waals surface area contributed by atoms with E-state index >= 15 is 0 Å². The van der Waals surface area contributed by atoms with Crippen LogP contribution in [0.3, 0.4) is 0 Å². The van der Waals surface area contributed by atoms with Gasteiger partial charge in [0.25, 0.3) is 0 Å². The van der Waals surface area contributed by atoms with E-state index in [2.05, 4.69) is 43.2 Å². The molecule has 2 rings (SSSR count). The van der Waals surface area contributed by atoms with Gasteiger partial charge >= 0.3 is 0 Å². The van der Waals surface area contributed by atoms with Crippen LogP contribution in [0.15, 0.2) is 30.5 Å². The number of rotatable bonds is 7. The van der Waals surface area contributed by atoms with Crippen LogP contribution in [0.1, 0.15) is 30.0 Å². The molecule has 2 aromatic heterocycles. The number of aromatic nitrogens is 1. The van der Waals surface area contributed by atoms with Gasteiger partial charge in [0.15, 0.2) is 11.6 Å². The standard InChI is InChI=1S/C16H22N2OS/c1-4-10-19-15-6-5-9-17-16(15)18-12(2)11-14-8-7-13(3)20-14/h5-9,12H,4,10-11H2,1-3H3,(H,17,18). The van der Waals surface area contributed by atoms with E-state index in [0.29, 0.717) is 6.04 Å². The van der Waals surface area contributed by atoms with E-state index in [0.717, 1.165) is 31.0 Å². The van der Waals surface area contributed by atoms with Gasteiger partial charge in [-0.15, -0.1) is 11.3 Å². The van der Waals surface area contributed by atoms with Crippen LogP contribution in [-0.2, 0) is 6.42 Å². The molecule has 3 nitrogen and oxygen atoms in total. The number of aryl methyl sites for hydroxylation is 1. The summed E-state index contributed by atoms with van der Waals surface area (Å²) >= 11 is 1.85. The maximum atomic E-state index is 5.72. The molecule has 0 aliphatic heterocycles. The largest absolute Gasteiger partial charge is 0.490 e. The Morgan fingerprint density at radius 3 is 2.90 bits per heavy atom. The molecule has 2 heterocycles. The van der Waals surface area contributed by atoms with Gasteiger partial charge in [-0.25, -0.2) is 4.98 Å². The molecule has 108 valence electrons. The summed E-state index contributed by atoms with van der Waals surface area (Å²) in [5.74, 6) is 1.67. The quantitative estimate of drug-likeness (QED) is 0.826. The molecule has 1 atom stereocenters. The van der Waals surface area contributed by atoms with Crippen molar-refractivity contribution in [1.29, 1.82) is 0 Å². The van der Waals surface area contributed by atoms with E-state index in [1.54, 1.807) is 6.20 Å². The Morgan fingerprint density at radius 1 is 1.35 bits per heavy atom. The van der Waals surface area contributed by atoms with Gasteiger partial charge in [-0.05, 0) is 44.5 Å². The van der Waals surface area contributed by atoms with E-state index in [1.165, 1.54) is 9.75 Å². The third-order valence-electron chi connectivity index (χ3n) is 2.92. The molecule has 0 bridgehead atoms. The Morgan fingerprint density at radius 2 is 2.20 bits per heavy atom. The molecule has 4 heteroatoms. The van der Waals surface area contributed by atoms with Crippen LogP contribution in [0.4, 0.5) is 5.82 Å². The van der Waals surface area contributed by atoms with E-state index in [9.17, 15) is 0 Å². The normalized spacial score (nSPS) is 12.2. The van der Waals surface area contributed by atoms with Crippen LogP contribution >= 0.6 is 11.3 Å². The van der Waals surface area contributed by atoms with Gasteiger partial charge in [0.1, 0.15) is 0 Å². The first-order valence-corrected chi connectivity index (χ1v) is 7.90. The zero-order valence-corrected chi connectivity index (χ0v) is 13.2. The van der Waals surface area contributed by atoms with Crippen LogP contribution in [-0.4, -0.2) is 17.6 Å². The van der Waals surface area contributed by atoms with Gasteiger partial charge < -0.3 is 10.1 Å². The Kier molecular flexibility index (Phi) is 5.41. The summed E-state index contributed by atoms with van der Waals surface area (Å²) in [4.78, 5) is 7.14. The van der Waals surface area contributed by atoms with Crippen molar-refractivity contribution >= 4 is 17.2 Å². The Bertz CT molecular complexity index is 539. The highest BCUT2D eigenvalue weighted by Gasteiger charge is 2.10. The molecule has 0 aromatic carbocycles. The van der Waals surface area contributed by atoms with E-state index in [-0.39, 0.29) is 0 Å². The third-order valence-corrected chi connectivity index (χ3v) is 3.94. The monoisotopic (exact) mass is 290 g/mol. The molecule has 0 spiro atoms. The first-order valence-electron chi connectivity index (χ1n) is 7.08. The van der Waals surface area contributed by atoms with Gasteiger partial charge in [0, 0.05) is 28.4 Å². The van der Waals surface area contributed by atoms with Crippen molar-refractivity contribution in [2.45, 2.75) is 39.7 Å². The van der Waals surface area contributed by atoms with Crippen LogP contribution in [0, 0.1) is 6.92 Å². The van der Waals surface area contributed by atoms with Crippen molar-refractivity contribution in [1.82, 2.24) is 4.98 Å².